The molecule has 0 saturated carbocycles. The fourth-order valence-electron chi connectivity index (χ4n) is 4.26. The molecule has 1 aliphatic rings. The number of aryl methyl sites for hydroxylation is 1. The van der Waals surface area contributed by atoms with Crippen LogP contribution in [0.25, 0.3) is 0 Å². The summed E-state index contributed by atoms with van der Waals surface area (Å²) < 4.78 is 30.0. The molecule has 0 bridgehead atoms. The number of nitrogens with zero attached hydrogens (tertiary/aromatic N) is 4. The Morgan fingerprint density at radius 1 is 1.00 bits per heavy atom. The topological polar surface area (TPSA) is 67.8 Å². The van der Waals surface area contributed by atoms with Gasteiger partial charge in [0.1, 0.15) is 5.82 Å². The van der Waals surface area contributed by atoms with Gasteiger partial charge in [-0.05, 0) is 42.8 Å². The highest BCUT2D eigenvalue weighted by molar-refractivity contribution is 7.07. The lowest BCUT2D eigenvalue weighted by Crippen LogP contribution is -2.49. The van der Waals surface area contributed by atoms with E-state index in [0.717, 1.165) is 17.1 Å². The summed E-state index contributed by atoms with van der Waals surface area (Å²) in [6, 6.07) is 20.1. The Labute approximate surface area is 219 Å². The van der Waals surface area contributed by atoms with Crippen LogP contribution in [0.15, 0.2) is 66.7 Å². The molecule has 190 valence electrons. The van der Waals surface area contributed by atoms with E-state index >= 15 is 0 Å². The zero-order chi connectivity index (χ0) is 25.8. The highest BCUT2D eigenvalue weighted by Gasteiger charge is 2.24. The first-order chi connectivity index (χ1) is 18.0. The Bertz CT molecular complexity index is 1380. The average molecular weight is 519 g/mol. The van der Waals surface area contributed by atoms with Crippen molar-refractivity contribution in [1.82, 2.24) is 14.3 Å². The number of anilines is 1. The first kappa shape index (κ1) is 24.7. The molecule has 0 radical (unpaired) electrons. The molecule has 0 atom stereocenters. The van der Waals surface area contributed by atoms with Crippen molar-refractivity contribution in [1.29, 1.82) is 0 Å². The van der Waals surface area contributed by atoms with Gasteiger partial charge in [-0.15, -0.1) is 0 Å². The van der Waals surface area contributed by atoms with Crippen molar-refractivity contribution in [3.8, 4) is 16.7 Å². The SMILES string of the molecule is COc1ccc(C(=O)N2CCN(c3ccccc3F)CC2)cc1Oc1nc(Cc2ccc(C)cc2)ns1. The standard InChI is InChI=1S/C28H27FN4O3S/c1-19-7-9-20(10-8-19)17-26-30-28(37-31-26)36-25-18-21(11-12-24(25)35-2)27(34)33-15-13-32(14-16-33)23-6-4-3-5-22(23)29/h3-12,18H,13-17H2,1-2H3. The smallest absolute Gasteiger partial charge is 0.298 e. The van der Waals surface area contributed by atoms with Gasteiger partial charge in [0.05, 0.1) is 12.8 Å². The second-order valence-electron chi connectivity index (χ2n) is 8.84. The van der Waals surface area contributed by atoms with Gasteiger partial charge in [-0.3, -0.25) is 4.79 Å². The van der Waals surface area contributed by atoms with Crippen LogP contribution < -0.4 is 14.4 Å². The van der Waals surface area contributed by atoms with Gasteiger partial charge in [-0.1, -0.05) is 42.0 Å². The van der Waals surface area contributed by atoms with Crippen LogP contribution in [0.4, 0.5) is 10.1 Å². The van der Waals surface area contributed by atoms with E-state index in [1.165, 1.54) is 11.6 Å². The third-order valence-electron chi connectivity index (χ3n) is 6.30. The second-order valence-corrected chi connectivity index (χ2v) is 9.55. The van der Waals surface area contributed by atoms with Crippen LogP contribution in [0, 0.1) is 12.7 Å². The minimum atomic E-state index is -0.252. The fraction of sp³-hybridized carbons (Fsp3) is 0.250. The number of aromatic nitrogens is 2. The number of amides is 1. The molecule has 1 amide bonds. The fourth-order valence-corrected chi connectivity index (χ4v) is 4.83. The number of carbonyl (C=O) groups excluding carboxylic acids is 1. The van der Waals surface area contributed by atoms with E-state index in [1.54, 1.807) is 42.3 Å². The highest BCUT2D eigenvalue weighted by atomic mass is 32.1. The zero-order valence-electron chi connectivity index (χ0n) is 20.7. The first-order valence-corrected chi connectivity index (χ1v) is 12.8. The van der Waals surface area contributed by atoms with E-state index in [1.807, 2.05) is 11.0 Å². The molecule has 3 aromatic carbocycles. The van der Waals surface area contributed by atoms with Crippen molar-refractivity contribution in [3.63, 3.8) is 0 Å². The molecule has 0 aliphatic carbocycles. The van der Waals surface area contributed by atoms with Gasteiger partial charge in [-0.2, -0.15) is 9.36 Å². The summed E-state index contributed by atoms with van der Waals surface area (Å²) >= 11 is 1.16. The second kappa shape index (κ2) is 11.0. The number of ether oxygens (including phenoxy) is 2. The highest BCUT2D eigenvalue weighted by Crippen LogP contribution is 2.34. The number of rotatable bonds is 7. The maximum absolute atomic E-state index is 14.2. The Hall–Kier alpha value is -3.98. The van der Waals surface area contributed by atoms with Gasteiger partial charge < -0.3 is 19.3 Å². The summed E-state index contributed by atoms with van der Waals surface area (Å²) in [6.45, 7) is 4.15. The Balaban J connectivity index is 1.26. The van der Waals surface area contributed by atoms with Crippen LogP contribution in [0.3, 0.4) is 0 Å². The predicted molar refractivity (Wildman–Crippen MR) is 141 cm³/mol. The number of para-hydroxylation sites is 1. The van der Waals surface area contributed by atoms with E-state index in [0.29, 0.717) is 66.4 Å². The molecule has 4 aromatic rings. The third kappa shape index (κ3) is 5.72. The summed E-state index contributed by atoms with van der Waals surface area (Å²) in [7, 11) is 1.55. The lowest BCUT2D eigenvalue weighted by Gasteiger charge is -2.36. The number of carbonyl (C=O) groups is 1. The van der Waals surface area contributed by atoms with Crippen LogP contribution in [0.1, 0.15) is 27.3 Å². The van der Waals surface area contributed by atoms with Gasteiger partial charge >= 0.3 is 0 Å². The molecule has 1 fully saturated rings. The minimum absolute atomic E-state index is 0.113. The molecule has 1 aliphatic heterocycles. The van der Waals surface area contributed by atoms with E-state index in [-0.39, 0.29) is 11.7 Å². The lowest BCUT2D eigenvalue weighted by molar-refractivity contribution is 0.0746. The van der Waals surface area contributed by atoms with Gasteiger partial charge in [0.25, 0.3) is 11.1 Å². The van der Waals surface area contributed by atoms with Crippen LogP contribution in [0.2, 0.25) is 0 Å². The number of piperazine rings is 1. The van der Waals surface area contributed by atoms with Crippen molar-refractivity contribution in [2.75, 3.05) is 38.2 Å². The number of halogens is 1. The molecule has 37 heavy (non-hydrogen) atoms. The van der Waals surface area contributed by atoms with Gasteiger partial charge in [0.2, 0.25) is 0 Å². The van der Waals surface area contributed by atoms with Crippen LogP contribution >= 0.6 is 11.5 Å². The monoisotopic (exact) mass is 518 g/mol. The maximum Gasteiger partial charge on any atom is 0.298 e. The van der Waals surface area contributed by atoms with E-state index in [4.69, 9.17) is 9.47 Å². The average Bonchev–Trinajstić information content (AvgIpc) is 3.36. The third-order valence-corrected chi connectivity index (χ3v) is 6.93. The molecule has 0 N–H and O–H groups in total. The van der Waals surface area contributed by atoms with Gasteiger partial charge in [-0.25, -0.2) is 4.39 Å². The first-order valence-electron chi connectivity index (χ1n) is 12.0. The zero-order valence-corrected chi connectivity index (χ0v) is 21.5. The molecule has 0 spiro atoms. The summed E-state index contributed by atoms with van der Waals surface area (Å²) in [5.41, 5.74) is 3.37. The number of methoxy groups -OCH3 is 1. The lowest BCUT2D eigenvalue weighted by atomic mass is 10.1. The summed E-state index contributed by atoms with van der Waals surface area (Å²) in [4.78, 5) is 21.5. The quantitative estimate of drug-likeness (QED) is 0.329. The van der Waals surface area contributed by atoms with E-state index in [9.17, 15) is 9.18 Å². The van der Waals surface area contributed by atoms with Crippen molar-refractivity contribution >= 4 is 23.1 Å². The largest absolute Gasteiger partial charge is 0.493 e. The normalized spacial score (nSPS) is 13.5. The maximum atomic E-state index is 14.2. The molecular weight excluding hydrogens is 491 g/mol. The molecule has 1 aromatic heterocycles. The van der Waals surface area contributed by atoms with Gasteiger partial charge in [0.15, 0.2) is 17.3 Å². The minimum Gasteiger partial charge on any atom is -0.493 e. The molecule has 7 nitrogen and oxygen atoms in total. The Morgan fingerprint density at radius 3 is 2.49 bits per heavy atom. The molecule has 1 saturated heterocycles. The Morgan fingerprint density at radius 2 is 1.76 bits per heavy atom. The van der Waals surface area contributed by atoms with Crippen molar-refractivity contribution in [2.24, 2.45) is 0 Å². The molecule has 2 heterocycles. The molecular formula is C28H27FN4O3S. The summed E-state index contributed by atoms with van der Waals surface area (Å²) in [5, 5.41) is 0.378. The van der Waals surface area contributed by atoms with Crippen molar-refractivity contribution in [2.45, 2.75) is 13.3 Å². The van der Waals surface area contributed by atoms with Crippen LogP contribution in [-0.2, 0) is 6.42 Å². The molecule has 9 heteroatoms. The van der Waals surface area contributed by atoms with Crippen LogP contribution in [-0.4, -0.2) is 53.5 Å². The molecule has 5 rings (SSSR count). The van der Waals surface area contributed by atoms with Crippen molar-refractivity contribution in [3.05, 3.63) is 95.1 Å². The predicted octanol–water partition coefficient (Wildman–Crippen LogP) is 5.34. The molecule has 0 unspecified atom stereocenters. The number of hydrogen-bond donors (Lipinski definition) is 0. The van der Waals surface area contributed by atoms with Gasteiger partial charge in [0, 0.05) is 49.7 Å². The number of hydrogen-bond acceptors (Lipinski definition) is 7. The number of benzene rings is 3. The van der Waals surface area contributed by atoms with E-state index < -0.39 is 0 Å². The summed E-state index contributed by atoms with van der Waals surface area (Å²) in [5.74, 6) is 1.20. The Kier molecular flexibility index (Phi) is 7.32. The van der Waals surface area contributed by atoms with Crippen molar-refractivity contribution < 1.29 is 18.7 Å². The van der Waals surface area contributed by atoms with E-state index in [2.05, 4.69) is 40.5 Å². The summed E-state index contributed by atoms with van der Waals surface area (Å²) in [6.07, 6.45) is 0.606. The van der Waals surface area contributed by atoms with Crippen LogP contribution in [0.5, 0.6) is 16.7 Å².